The molecule has 2 heteroatoms. The van der Waals surface area contributed by atoms with Crippen LogP contribution in [0, 0.1) is 0 Å². The molecule has 2 nitrogen and oxygen atoms in total. The summed E-state index contributed by atoms with van der Waals surface area (Å²) < 4.78 is 6.30. The highest BCUT2D eigenvalue weighted by atomic mass is 16.5. The number of fused-ring (bicyclic) bond motifs is 1. The zero-order chi connectivity index (χ0) is 19.0. The fourth-order valence-electron chi connectivity index (χ4n) is 4.40. The standard InChI is InChI=1S/C26H31NO/c1-2-7-14-23(15-8-3-1)27-19-25-24-16-10-9-13-22(24)17-18-26(25)28-20-21-11-5-4-6-12-21/h4-6,9-13,16-18,23,27H,1-3,7-8,14-15,19-20H2/p+1. The molecule has 0 aliphatic heterocycles. The molecule has 0 saturated heterocycles. The van der Waals surface area contributed by atoms with E-state index in [1.807, 2.05) is 0 Å². The second kappa shape index (κ2) is 9.75. The van der Waals surface area contributed by atoms with Crippen molar-refractivity contribution in [2.45, 2.75) is 64.1 Å². The number of nitrogens with two attached hydrogens (primary N) is 1. The fraction of sp³-hybridized carbons (Fsp3) is 0.385. The lowest BCUT2D eigenvalue weighted by atomic mass is 9.96. The Morgan fingerprint density at radius 2 is 1.46 bits per heavy atom. The number of benzene rings is 3. The normalized spacial score (nSPS) is 15.9. The summed E-state index contributed by atoms with van der Waals surface area (Å²) in [5.74, 6) is 1.03. The second-order valence-corrected chi connectivity index (χ2v) is 8.08. The Morgan fingerprint density at radius 1 is 0.750 bits per heavy atom. The lowest BCUT2D eigenvalue weighted by molar-refractivity contribution is -0.705. The van der Waals surface area contributed by atoms with Gasteiger partial charge in [-0.3, -0.25) is 0 Å². The molecule has 0 radical (unpaired) electrons. The Bertz CT molecular complexity index is 866. The van der Waals surface area contributed by atoms with Crippen molar-refractivity contribution in [3.8, 4) is 5.75 Å². The van der Waals surface area contributed by atoms with Crippen LogP contribution in [0.3, 0.4) is 0 Å². The first kappa shape index (κ1) is 19.0. The maximum atomic E-state index is 6.30. The first-order valence-electron chi connectivity index (χ1n) is 10.9. The van der Waals surface area contributed by atoms with Gasteiger partial charge in [0.1, 0.15) is 18.9 Å². The summed E-state index contributed by atoms with van der Waals surface area (Å²) in [5, 5.41) is 5.20. The van der Waals surface area contributed by atoms with Crippen molar-refractivity contribution in [3.05, 3.63) is 77.9 Å². The number of hydrogen-bond donors (Lipinski definition) is 1. The molecule has 3 aromatic rings. The molecule has 0 aromatic heterocycles. The predicted octanol–water partition coefficient (Wildman–Crippen LogP) is 5.60. The largest absolute Gasteiger partial charge is 0.488 e. The van der Waals surface area contributed by atoms with Gasteiger partial charge in [0.05, 0.1) is 11.6 Å². The topological polar surface area (TPSA) is 25.8 Å². The van der Waals surface area contributed by atoms with Crippen molar-refractivity contribution < 1.29 is 10.1 Å². The predicted molar refractivity (Wildman–Crippen MR) is 116 cm³/mol. The van der Waals surface area contributed by atoms with E-state index in [1.165, 1.54) is 66.8 Å². The first-order valence-corrected chi connectivity index (χ1v) is 10.9. The monoisotopic (exact) mass is 374 g/mol. The maximum absolute atomic E-state index is 6.30. The Morgan fingerprint density at radius 3 is 2.29 bits per heavy atom. The van der Waals surface area contributed by atoms with Crippen LogP contribution < -0.4 is 10.1 Å². The van der Waals surface area contributed by atoms with Crippen molar-refractivity contribution in [2.75, 3.05) is 0 Å². The average molecular weight is 375 g/mol. The molecule has 0 amide bonds. The van der Waals surface area contributed by atoms with Gasteiger partial charge in [-0.1, -0.05) is 79.9 Å². The van der Waals surface area contributed by atoms with Crippen molar-refractivity contribution >= 4 is 10.8 Å². The summed E-state index contributed by atoms with van der Waals surface area (Å²) in [4.78, 5) is 0. The smallest absolute Gasteiger partial charge is 0.129 e. The third kappa shape index (κ3) is 4.94. The van der Waals surface area contributed by atoms with Gasteiger partial charge in [0.15, 0.2) is 0 Å². The van der Waals surface area contributed by atoms with Gasteiger partial charge in [-0.05, 0) is 48.1 Å². The van der Waals surface area contributed by atoms with Crippen LogP contribution >= 0.6 is 0 Å². The highest BCUT2D eigenvalue weighted by Crippen LogP contribution is 2.28. The number of ether oxygens (including phenoxy) is 1. The molecule has 0 bridgehead atoms. The summed E-state index contributed by atoms with van der Waals surface area (Å²) in [5.41, 5.74) is 2.56. The van der Waals surface area contributed by atoms with E-state index in [9.17, 15) is 0 Å². The fourth-order valence-corrected chi connectivity index (χ4v) is 4.40. The molecule has 0 unspecified atom stereocenters. The number of hydrogen-bond acceptors (Lipinski definition) is 1. The molecule has 3 aromatic carbocycles. The molecule has 1 saturated carbocycles. The molecular formula is C26H32NO+. The molecule has 1 fully saturated rings. The van der Waals surface area contributed by atoms with Gasteiger partial charge in [0.25, 0.3) is 0 Å². The minimum Gasteiger partial charge on any atom is -0.488 e. The van der Waals surface area contributed by atoms with Gasteiger partial charge < -0.3 is 10.1 Å². The Kier molecular flexibility index (Phi) is 6.62. The van der Waals surface area contributed by atoms with Crippen molar-refractivity contribution in [2.24, 2.45) is 0 Å². The quantitative estimate of drug-likeness (QED) is 0.597. The molecule has 0 spiro atoms. The van der Waals surface area contributed by atoms with Crippen LogP contribution in [0.4, 0.5) is 0 Å². The molecule has 4 rings (SSSR count). The van der Waals surface area contributed by atoms with E-state index in [0.717, 1.165) is 18.3 Å². The molecule has 28 heavy (non-hydrogen) atoms. The van der Waals surface area contributed by atoms with E-state index in [4.69, 9.17) is 4.74 Å². The third-order valence-electron chi connectivity index (χ3n) is 6.04. The molecule has 0 atom stereocenters. The van der Waals surface area contributed by atoms with Gasteiger partial charge in [0.2, 0.25) is 0 Å². The molecular weight excluding hydrogens is 342 g/mol. The lowest BCUT2D eigenvalue weighted by Crippen LogP contribution is -2.88. The number of rotatable bonds is 6. The van der Waals surface area contributed by atoms with Gasteiger partial charge in [-0.2, -0.15) is 0 Å². The van der Waals surface area contributed by atoms with Crippen LogP contribution in [0.25, 0.3) is 10.8 Å². The van der Waals surface area contributed by atoms with E-state index in [-0.39, 0.29) is 0 Å². The highest BCUT2D eigenvalue weighted by Gasteiger charge is 2.17. The summed E-state index contributed by atoms with van der Waals surface area (Å²) >= 11 is 0. The van der Waals surface area contributed by atoms with Crippen molar-refractivity contribution in [3.63, 3.8) is 0 Å². The van der Waals surface area contributed by atoms with Crippen LogP contribution in [0.15, 0.2) is 66.7 Å². The van der Waals surface area contributed by atoms with Crippen LogP contribution in [0.1, 0.15) is 56.1 Å². The maximum Gasteiger partial charge on any atom is 0.129 e. The minimum absolute atomic E-state index is 0.621. The van der Waals surface area contributed by atoms with Crippen LogP contribution in [-0.2, 0) is 13.2 Å². The molecule has 2 N–H and O–H groups in total. The Balaban J connectivity index is 1.53. The van der Waals surface area contributed by atoms with E-state index in [2.05, 4.69) is 72.0 Å². The van der Waals surface area contributed by atoms with Gasteiger partial charge >= 0.3 is 0 Å². The first-order chi connectivity index (χ1) is 13.9. The summed E-state index contributed by atoms with van der Waals surface area (Å²) in [7, 11) is 0. The summed E-state index contributed by atoms with van der Waals surface area (Å²) in [6, 6.07) is 24.3. The third-order valence-corrected chi connectivity index (χ3v) is 6.04. The minimum atomic E-state index is 0.621. The van der Waals surface area contributed by atoms with E-state index in [1.54, 1.807) is 0 Å². The highest BCUT2D eigenvalue weighted by molar-refractivity contribution is 5.87. The zero-order valence-electron chi connectivity index (χ0n) is 16.8. The van der Waals surface area contributed by atoms with E-state index in [0.29, 0.717) is 6.61 Å². The number of quaternary nitrogens is 1. The van der Waals surface area contributed by atoms with Gasteiger partial charge in [0, 0.05) is 0 Å². The average Bonchev–Trinajstić information content (AvgIpc) is 2.72. The van der Waals surface area contributed by atoms with Crippen LogP contribution in [0.2, 0.25) is 0 Å². The SMILES string of the molecule is c1ccc(COc2ccc3ccccc3c2C[NH2+]C2CCCCCCC2)cc1. The van der Waals surface area contributed by atoms with Gasteiger partial charge in [-0.25, -0.2) is 0 Å². The molecule has 0 heterocycles. The molecule has 1 aliphatic carbocycles. The zero-order valence-corrected chi connectivity index (χ0v) is 16.8. The van der Waals surface area contributed by atoms with Crippen molar-refractivity contribution in [1.29, 1.82) is 0 Å². The van der Waals surface area contributed by atoms with Crippen LogP contribution in [0.5, 0.6) is 5.75 Å². The summed E-state index contributed by atoms with van der Waals surface area (Å²) in [6.45, 7) is 1.62. The van der Waals surface area contributed by atoms with Gasteiger partial charge in [-0.15, -0.1) is 0 Å². The lowest BCUT2D eigenvalue weighted by Gasteiger charge is -2.20. The van der Waals surface area contributed by atoms with E-state index >= 15 is 0 Å². The molecule has 146 valence electrons. The Hall–Kier alpha value is -2.32. The second-order valence-electron chi connectivity index (χ2n) is 8.08. The van der Waals surface area contributed by atoms with E-state index < -0.39 is 0 Å². The molecule has 1 aliphatic rings. The summed E-state index contributed by atoms with van der Waals surface area (Å²) in [6.07, 6.45) is 9.71. The Labute approximate surface area is 168 Å². The van der Waals surface area contributed by atoms with Crippen molar-refractivity contribution in [1.82, 2.24) is 0 Å². The van der Waals surface area contributed by atoms with Crippen LogP contribution in [-0.4, -0.2) is 6.04 Å².